The van der Waals surface area contributed by atoms with Crippen molar-refractivity contribution in [2.45, 2.75) is 26.7 Å². The van der Waals surface area contributed by atoms with Crippen LogP contribution in [0.15, 0.2) is 35.3 Å². The molecular weight excluding hydrogens is 342 g/mol. The number of anilines is 1. The van der Waals surface area contributed by atoms with Gasteiger partial charge in [-0.2, -0.15) is 0 Å². The van der Waals surface area contributed by atoms with Crippen molar-refractivity contribution in [3.63, 3.8) is 0 Å². The molecule has 0 saturated carbocycles. The second-order valence-corrected chi connectivity index (χ2v) is 8.10. The molecule has 0 radical (unpaired) electrons. The second kappa shape index (κ2) is 9.03. The first-order valence-electron chi connectivity index (χ1n) is 9.33. The van der Waals surface area contributed by atoms with Gasteiger partial charge in [-0.1, -0.05) is 18.2 Å². The standard InChI is InChI=1S/C20H29N5S/c1-15-16(2)26-19(24-15)9-11-22-20(21-3)23-13-17-10-12-25(14-17)18-7-5-4-6-8-18/h4-8,17H,9-14H2,1-3H3,(H2,21,22,23). The lowest BCUT2D eigenvalue weighted by Crippen LogP contribution is -2.41. The molecule has 6 heteroatoms. The van der Waals surface area contributed by atoms with Crippen molar-refractivity contribution in [1.82, 2.24) is 15.6 Å². The number of aryl methyl sites for hydroxylation is 2. The van der Waals surface area contributed by atoms with E-state index in [1.54, 1.807) is 11.3 Å². The molecule has 0 aliphatic carbocycles. The number of para-hydroxylation sites is 1. The maximum atomic E-state index is 4.59. The van der Waals surface area contributed by atoms with Crippen molar-refractivity contribution in [2.75, 3.05) is 38.1 Å². The number of nitrogens with zero attached hydrogens (tertiary/aromatic N) is 3. The number of rotatable bonds is 6. The molecule has 5 nitrogen and oxygen atoms in total. The summed E-state index contributed by atoms with van der Waals surface area (Å²) in [5.74, 6) is 1.53. The Morgan fingerprint density at radius 1 is 1.27 bits per heavy atom. The Labute approximate surface area is 160 Å². The molecule has 0 bridgehead atoms. The average molecular weight is 372 g/mol. The number of aliphatic imine (C=N–C) groups is 1. The van der Waals surface area contributed by atoms with Gasteiger partial charge in [0.05, 0.1) is 10.7 Å². The highest BCUT2D eigenvalue weighted by atomic mass is 32.1. The Balaban J connectivity index is 1.39. The van der Waals surface area contributed by atoms with E-state index in [2.05, 4.69) is 69.7 Å². The Morgan fingerprint density at radius 3 is 2.77 bits per heavy atom. The van der Waals surface area contributed by atoms with E-state index in [1.807, 2.05) is 7.05 Å². The van der Waals surface area contributed by atoms with Crippen molar-refractivity contribution in [3.8, 4) is 0 Å². The minimum atomic E-state index is 0.651. The number of hydrogen-bond acceptors (Lipinski definition) is 4. The first kappa shape index (κ1) is 18.7. The number of benzene rings is 1. The van der Waals surface area contributed by atoms with Crippen LogP contribution in [0.1, 0.15) is 22.0 Å². The number of aromatic nitrogens is 1. The molecule has 2 aromatic rings. The highest BCUT2D eigenvalue weighted by molar-refractivity contribution is 7.11. The molecule has 2 N–H and O–H groups in total. The third-order valence-corrected chi connectivity index (χ3v) is 6.03. The summed E-state index contributed by atoms with van der Waals surface area (Å²) in [5, 5.41) is 8.08. The Kier molecular flexibility index (Phi) is 6.50. The fraction of sp³-hybridized carbons (Fsp3) is 0.500. The van der Waals surface area contributed by atoms with Gasteiger partial charge < -0.3 is 15.5 Å². The number of thiazole rings is 1. The van der Waals surface area contributed by atoms with Crippen LogP contribution in [0.5, 0.6) is 0 Å². The molecule has 1 atom stereocenters. The summed E-state index contributed by atoms with van der Waals surface area (Å²) in [7, 11) is 1.83. The third kappa shape index (κ3) is 4.97. The van der Waals surface area contributed by atoms with Crippen LogP contribution >= 0.6 is 11.3 Å². The normalized spacial score (nSPS) is 17.6. The topological polar surface area (TPSA) is 52.6 Å². The SMILES string of the molecule is CN=C(NCCc1nc(C)c(C)s1)NCC1CCN(c2ccccc2)C1. The van der Waals surface area contributed by atoms with Gasteiger partial charge in [0.25, 0.3) is 0 Å². The van der Waals surface area contributed by atoms with E-state index in [1.165, 1.54) is 22.0 Å². The fourth-order valence-electron chi connectivity index (χ4n) is 3.27. The lowest BCUT2D eigenvalue weighted by molar-refractivity contribution is 0.566. The largest absolute Gasteiger partial charge is 0.371 e. The third-order valence-electron chi connectivity index (χ3n) is 4.89. The Hall–Kier alpha value is -2.08. The fourth-order valence-corrected chi connectivity index (χ4v) is 4.20. The van der Waals surface area contributed by atoms with Crippen LogP contribution in [-0.4, -0.2) is 44.2 Å². The molecule has 1 aliphatic rings. The van der Waals surface area contributed by atoms with Gasteiger partial charge in [-0.3, -0.25) is 4.99 Å². The monoisotopic (exact) mass is 371 g/mol. The van der Waals surface area contributed by atoms with Gasteiger partial charge in [-0.05, 0) is 38.3 Å². The van der Waals surface area contributed by atoms with E-state index >= 15 is 0 Å². The summed E-state index contributed by atoms with van der Waals surface area (Å²) in [6.07, 6.45) is 2.15. The van der Waals surface area contributed by atoms with Crippen molar-refractivity contribution in [2.24, 2.45) is 10.9 Å². The van der Waals surface area contributed by atoms with Crippen LogP contribution in [0.25, 0.3) is 0 Å². The van der Waals surface area contributed by atoms with Crippen LogP contribution in [0.2, 0.25) is 0 Å². The maximum absolute atomic E-state index is 4.59. The van der Waals surface area contributed by atoms with E-state index in [0.717, 1.165) is 44.3 Å². The van der Waals surface area contributed by atoms with E-state index < -0.39 is 0 Å². The molecule has 1 aromatic heterocycles. The summed E-state index contributed by atoms with van der Waals surface area (Å²) in [6.45, 7) is 8.25. The summed E-state index contributed by atoms with van der Waals surface area (Å²) in [4.78, 5) is 12.7. The van der Waals surface area contributed by atoms with E-state index in [-0.39, 0.29) is 0 Å². The second-order valence-electron chi connectivity index (χ2n) is 6.82. The van der Waals surface area contributed by atoms with Crippen LogP contribution in [0.4, 0.5) is 5.69 Å². The summed E-state index contributed by atoms with van der Waals surface area (Å²) >= 11 is 1.79. The van der Waals surface area contributed by atoms with Crippen molar-refractivity contribution >= 4 is 23.0 Å². The van der Waals surface area contributed by atoms with Crippen molar-refractivity contribution in [1.29, 1.82) is 0 Å². The zero-order valence-corrected chi connectivity index (χ0v) is 16.8. The smallest absolute Gasteiger partial charge is 0.191 e. The minimum Gasteiger partial charge on any atom is -0.371 e. The first-order chi connectivity index (χ1) is 12.7. The van der Waals surface area contributed by atoms with Gasteiger partial charge in [0, 0.05) is 50.2 Å². The summed E-state index contributed by atoms with van der Waals surface area (Å²) in [5.41, 5.74) is 2.48. The molecule has 1 fully saturated rings. The quantitative estimate of drug-likeness (QED) is 0.605. The minimum absolute atomic E-state index is 0.651. The van der Waals surface area contributed by atoms with Crippen LogP contribution in [0, 0.1) is 19.8 Å². The van der Waals surface area contributed by atoms with Crippen molar-refractivity contribution < 1.29 is 0 Å². The number of guanidine groups is 1. The van der Waals surface area contributed by atoms with Gasteiger partial charge in [-0.25, -0.2) is 4.98 Å². The molecule has 1 unspecified atom stereocenters. The molecule has 0 amide bonds. The number of nitrogens with one attached hydrogen (secondary N) is 2. The molecule has 140 valence electrons. The maximum Gasteiger partial charge on any atom is 0.191 e. The first-order valence-corrected chi connectivity index (χ1v) is 10.1. The van der Waals surface area contributed by atoms with Gasteiger partial charge in [0.2, 0.25) is 0 Å². The number of hydrogen-bond donors (Lipinski definition) is 2. The van der Waals surface area contributed by atoms with Crippen LogP contribution in [-0.2, 0) is 6.42 Å². The summed E-state index contributed by atoms with van der Waals surface area (Å²) < 4.78 is 0. The van der Waals surface area contributed by atoms with E-state index in [0.29, 0.717) is 5.92 Å². The van der Waals surface area contributed by atoms with Crippen molar-refractivity contribution in [3.05, 3.63) is 45.9 Å². The van der Waals surface area contributed by atoms with E-state index in [4.69, 9.17) is 0 Å². The molecule has 2 heterocycles. The van der Waals surface area contributed by atoms with Crippen LogP contribution < -0.4 is 15.5 Å². The Morgan fingerprint density at radius 2 is 2.08 bits per heavy atom. The van der Waals surface area contributed by atoms with Crippen LogP contribution in [0.3, 0.4) is 0 Å². The molecule has 1 saturated heterocycles. The zero-order chi connectivity index (χ0) is 18.4. The molecule has 0 spiro atoms. The van der Waals surface area contributed by atoms with E-state index in [9.17, 15) is 0 Å². The van der Waals surface area contributed by atoms with Gasteiger partial charge in [-0.15, -0.1) is 11.3 Å². The summed E-state index contributed by atoms with van der Waals surface area (Å²) in [6, 6.07) is 10.7. The molecule has 1 aliphatic heterocycles. The lowest BCUT2D eigenvalue weighted by atomic mass is 10.1. The Bertz CT molecular complexity index is 706. The van der Waals surface area contributed by atoms with Gasteiger partial charge in [0.1, 0.15) is 0 Å². The molecule has 3 rings (SSSR count). The molecule has 26 heavy (non-hydrogen) atoms. The lowest BCUT2D eigenvalue weighted by Gasteiger charge is -2.19. The van der Waals surface area contributed by atoms with Gasteiger partial charge >= 0.3 is 0 Å². The molecular formula is C20H29N5S. The highest BCUT2D eigenvalue weighted by Gasteiger charge is 2.22. The molecule has 1 aromatic carbocycles. The highest BCUT2D eigenvalue weighted by Crippen LogP contribution is 2.22. The van der Waals surface area contributed by atoms with Gasteiger partial charge in [0.15, 0.2) is 5.96 Å². The predicted molar refractivity (Wildman–Crippen MR) is 111 cm³/mol. The average Bonchev–Trinajstić information content (AvgIpc) is 3.25. The predicted octanol–water partition coefficient (Wildman–Crippen LogP) is 2.99. The zero-order valence-electron chi connectivity index (χ0n) is 16.0.